The van der Waals surface area contributed by atoms with Gasteiger partial charge in [-0.3, -0.25) is 4.79 Å². The zero-order valence-electron chi connectivity index (χ0n) is 11.9. The van der Waals surface area contributed by atoms with Gasteiger partial charge in [0.2, 0.25) is 0 Å². The van der Waals surface area contributed by atoms with Crippen molar-refractivity contribution in [3.8, 4) is 0 Å². The molecule has 6 heteroatoms. The van der Waals surface area contributed by atoms with Crippen LogP contribution >= 0.6 is 23.4 Å². The van der Waals surface area contributed by atoms with Crippen molar-refractivity contribution in [2.75, 3.05) is 11.4 Å². The van der Waals surface area contributed by atoms with Gasteiger partial charge in [0.05, 0.1) is 23.1 Å². The zero-order valence-corrected chi connectivity index (χ0v) is 13.4. The van der Waals surface area contributed by atoms with E-state index in [1.54, 1.807) is 36.4 Å². The monoisotopic (exact) mass is 344 g/mol. The van der Waals surface area contributed by atoms with E-state index in [1.165, 1.54) is 16.7 Å². The summed E-state index contributed by atoms with van der Waals surface area (Å²) >= 11 is 7.27. The van der Waals surface area contributed by atoms with Crippen LogP contribution in [0.3, 0.4) is 0 Å². The molecule has 0 saturated heterocycles. The van der Waals surface area contributed by atoms with Crippen LogP contribution in [0.2, 0.25) is 5.02 Å². The lowest BCUT2D eigenvalue weighted by Gasteiger charge is -2.30. The number of amides is 1. The number of para-hydroxylation sites is 1. The quantitative estimate of drug-likeness (QED) is 0.803. The average Bonchev–Trinajstić information content (AvgIpc) is 2.51. The van der Waals surface area contributed by atoms with E-state index >= 15 is 0 Å². The smallest absolute Gasteiger partial charge is 0.265 e. The van der Waals surface area contributed by atoms with Crippen molar-refractivity contribution in [3.05, 3.63) is 64.0 Å². The molecule has 4 nitrogen and oxygen atoms in total. The summed E-state index contributed by atoms with van der Waals surface area (Å²) < 4.78 is 0. The summed E-state index contributed by atoms with van der Waals surface area (Å²) in [5.74, 6) is -1.67. The Morgan fingerprint density at radius 3 is 2.74 bits per heavy atom. The number of anilines is 1. The molecule has 0 unspecified atom stereocenters. The highest BCUT2D eigenvalue weighted by Crippen LogP contribution is 2.41. The third kappa shape index (κ3) is 3.41. The molecule has 23 heavy (non-hydrogen) atoms. The van der Waals surface area contributed by atoms with Crippen molar-refractivity contribution < 1.29 is 14.7 Å². The van der Waals surface area contributed by atoms with Crippen molar-refractivity contribution in [1.29, 1.82) is 0 Å². The molecule has 0 atom stereocenters. The van der Waals surface area contributed by atoms with Gasteiger partial charge < -0.3 is 14.8 Å². The number of rotatable bonds is 3. The maximum absolute atomic E-state index is 12.6. The molecule has 2 aromatic rings. The Balaban J connectivity index is 2.04. The van der Waals surface area contributed by atoms with Gasteiger partial charge in [-0.1, -0.05) is 47.6 Å². The Bertz CT molecular complexity index is 819. The number of aliphatic carboxylic acids is 1. The number of halogens is 1. The molecular weight excluding hydrogens is 334 g/mol. The fraction of sp³-hybridized carbons (Fsp3) is 0.0588. The summed E-state index contributed by atoms with van der Waals surface area (Å²) in [5.41, 5.74) is 1.36. The number of carbonyl (C=O) groups is 2. The lowest BCUT2D eigenvalue weighted by molar-refractivity contribution is -0.303. The van der Waals surface area contributed by atoms with Gasteiger partial charge in [0.1, 0.15) is 0 Å². The molecule has 1 amide bonds. The molecule has 0 fully saturated rings. The van der Waals surface area contributed by atoms with Gasteiger partial charge in [0.25, 0.3) is 5.91 Å². The minimum atomic E-state index is -1.30. The van der Waals surface area contributed by atoms with Crippen LogP contribution in [0.25, 0.3) is 6.08 Å². The van der Waals surface area contributed by atoms with E-state index in [4.69, 9.17) is 11.6 Å². The second-order valence-electron chi connectivity index (χ2n) is 4.90. The van der Waals surface area contributed by atoms with E-state index < -0.39 is 12.5 Å². The van der Waals surface area contributed by atoms with Crippen molar-refractivity contribution in [3.63, 3.8) is 0 Å². The molecule has 0 radical (unpaired) electrons. The van der Waals surface area contributed by atoms with Crippen LogP contribution < -0.4 is 10.0 Å². The number of benzene rings is 2. The number of hydrogen-bond acceptors (Lipinski definition) is 4. The highest BCUT2D eigenvalue weighted by molar-refractivity contribution is 8.04. The van der Waals surface area contributed by atoms with Crippen molar-refractivity contribution in [2.24, 2.45) is 0 Å². The SMILES string of the molecule is O=C([O-])CN1C(=O)C(=Cc2cccc(Cl)c2)Sc2ccccc21. The van der Waals surface area contributed by atoms with Gasteiger partial charge in [0.15, 0.2) is 0 Å². The molecule has 2 aromatic carbocycles. The highest BCUT2D eigenvalue weighted by atomic mass is 35.5. The van der Waals surface area contributed by atoms with Gasteiger partial charge in [-0.05, 0) is 35.9 Å². The molecule has 116 valence electrons. The summed E-state index contributed by atoms with van der Waals surface area (Å²) in [6.45, 7) is -0.483. The molecule has 1 heterocycles. The first-order valence-corrected chi connectivity index (χ1v) is 8.00. The second kappa shape index (κ2) is 6.48. The number of carboxylic acid groups (broad SMARTS) is 1. The van der Waals surface area contributed by atoms with Crippen molar-refractivity contribution in [1.82, 2.24) is 0 Å². The summed E-state index contributed by atoms with van der Waals surface area (Å²) in [4.78, 5) is 26.1. The van der Waals surface area contributed by atoms with Gasteiger partial charge in [-0.15, -0.1) is 0 Å². The third-order valence-electron chi connectivity index (χ3n) is 3.27. The Labute approximate surface area is 142 Å². The van der Waals surface area contributed by atoms with E-state index in [0.717, 1.165) is 10.5 Å². The number of nitrogens with zero attached hydrogens (tertiary/aromatic N) is 1. The van der Waals surface area contributed by atoms with Crippen molar-refractivity contribution >= 4 is 47.0 Å². The Morgan fingerprint density at radius 1 is 1.22 bits per heavy atom. The van der Waals surface area contributed by atoms with Gasteiger partial charge in [-0.2, -0.15) is 0 Å². The molecule has 3 rings (SSSR count). The Kier molecular flexibility index (Phi) is 4.41. The third-order valence-corrected chi connectivity index (χ3v) is 4.58. The fourth-order valence-corrected chi connectivity index (χ4v) is 3.55. The topological polar surface area (TPSA) is 60.4 Å². The standard InChI is InChI=1S/C17H12ClNO3S/c18-12-5-3-4-11(8-12)9-15-17(22)19(10-16(20)21)13-6-1-2-7-14(13)23-15/h1-9H,10H2,(H,20,21)/p-1. The number of carbonyl (C=O) groups excluding carboxylic acids is 2. The van der Waals surface area contributed by atoms with Crippen LogP contribution in [0, 0.1) is 0 Å². The highest BCUT2D eigenvalue weighted by Gasteiger charge is 2.28. The summed E-state index contributed by atoms with van der Waals surface area (Å²) in [7, 11) is 0. The minimum absolute atomic E-state index is 0.363. The van der Waals surface area contributed by atoms with Gasteiger partial charge in [-0.25, -0.2) is 0 Å². The van der Waals surface area contributed by atoms with Crippen LogP contribution in [0.4, 0.5) is 5.69 Å². The van der Waals surface area contributed by atoms with Gasteiger partial charge >= 0.3 is 0 Å². The summed E-state index contributed by atoms with van der Waals surface area (Å²) in [5, 5.41) is 11.6. The van der Waals surface area contributed by atoms with Gasteiger partial charge in [0, 0.05) is 9.92 Å². The molecule has 0 aromatic heterocycles. The maximum Gasteiger partial charge on any atom is 0.265 e. The lowest BCUT2D eigenvalue weighted by Crippen LogP contribution is -2.43. The zero-order chi connectivity index (χ0) is 16.4. The maximum atomic E-state index is 12.6. The van der Waals surface area contributed by atoms with Crippen LogP contribution in [-0.4, -0.2) is 18.4 Å². The number of hydrogen-bond donors (Lipinski definition) is 0. The van der Waals surface area contributed by atoms with Crippen molar-refractivity contribution in [2.45, 2.75) is 4.90 Å². The normalized spacial score (nSPS) is 15.6. The van der Waals surface area contributed by atoms with E-state index in [2.05, 4.69) is 0 Å². The molecular formula is C17H11ClNO3S-. The lowest BCUT2D eigenvalue weighted by atomic mass is 10.2. The predicted octanol–water partition coefficient (Wildman–Crippen LogP) is 2.57. The van der Waals surface area contributed by atoms with E-state index in [0.29, 0.717) is 15.6 Å². The number of fused-ring (bicyclic) bond motifs is 1. The van der Waals surface area contributed by atoms with Crippen LogP contribution in [0.5, 0.6) is 0 Å². The number of thioether (sulfide) groups is 1. The van der Waals surface area contributed by atoms with Crippen LogP contribution in [-0.2, 0) is 9.59 Å². The molecule has 1 aliphatic heterocycles. The largest absolute Gasteiger partial charge is 0.548 e. The van der Waals surface area contributed by atoms with Crippen LogP contribution in [0.1, 0.15) is 5.56 Å². The molecule has 0 spiro atoms. The van der Waals surface area contributed by atoms with E-state index in [-0.39, 0.29) is 5.91 Å². The molecule has 0 N–H and O–H groups in total. The van der Waals surface area contributed by atoms with E-state index in [1.807, 2.05) is 18.2 Å². The first kappa shape index (κ1) is 15.6. The number of carboxylic acids is 1. The first-order chi connectivity index (χ1) is 11.0. The Hall–Kier alpha value is -2.24. The molecule has 0 aliphatic carbocycles. The summed E-state index contributed by atoms with van der Waals surface area (Å²) in [6.07, 6.45) is 1.71. The average molecular weight is 345 g/mol. The predicted molar refractivity (Wildman–Crippen MR) is 89.1 cm³/mol. The molecule has 0 saturated carbocycles. The van der Waals surface area contributed by atoms with E-state index in [9.17, 15) is 14.7 Å². The molecule has 1 aliphatic rings. The second-order valence-corrected chi connectivity index (χ2v) is 6.42. The fourth-order valence-electron chi connectivity index (χ4n) is 2.30. The first-order valence-electron chi connectivity index (χ1n) is 6.80. The molecule has 0 bridgehead atoms. The van der Waals surface area contributed by atoms with Crippen LogP contribution in [0.15, 0.2) is 58.3 Å². The Morgan fingerprint density at radius 2 is 2.00 bits per heavy atom. The minimum Gasteiger partial charge on any atom is -0.548 e. The summed E-state index contributed by atoms with van der Waals surface area (Å²) in [6, 6.07) is 14.3.